The van der Waals surface area contributed by atoms with Gasteiger partial charge in [-0.15, -0.1) is 0 Å². The predicted octanol–water partition coefficient (Wildman–Crippen LogP) is 0.480. The van der Waals surface area contributed by atoms with E-state index in [0.717, 1.165) is 29.4 Å². The summed E-state index contributed by atoms with van der Waals surface area (Å²) in [6, 6.07) is 5.74. The van der Waals surface area contributed by atoms with Crippen LogP contribution in [0.2, 0.25) is 0 Å². The molecule has 2 aromatic rings. The Kier molecular flexibility index (Phi) is 5.61. The first kappa shape index (κ1) is 18.2. The summed E-state index contributed by atoms with van der Waals surface area (Å²) in [4.78, 5) is 5.38. The second kappa shape index (κ2) is 7.72. The summed E-state index contributed by atoms with van der Waals surface area (Å²) in [5.41, 5.74) is 2.12. The number of likely N-dealkylation sites (N-methyl/N-ethyl adjacent to an activating group) is 1. The van der Waals surface area contributed by atoms with Crippen LogP contribution in [-0.2, 0) is 11.2 Å². The molecule has 138 valence electrons. The number of aliphatic hydroxyl groups is 3. The molecular formula is C18H26N2O5. The molecule has 1 fully saturated rings. The lowest BCUT2D eigenvalue weighted by atomic mass is 10.0. The topological polar surface area (TPSA) is 98.2 Å². The molecular weight excluding hydrogens is 324 g/mol. The zero-order valence-electron chi connectivity index (χ0n) is 14.6. The quantitative estimate of drug-likeness (QED) is 0.605. The van der Waals surface area contributed by atoms with Crippen molar-refractivity contribution in [2.24, 2.45) is 0 Å². The molecule has 2 heterocycles. The van der Waals surface area contributed by atoms with Crippen LogP contribution < -0.4 is 4.74 Å². The molecule has 25 heavy (non-hydrogen) atoms. The van der Waals surface area contributed by atoms with E-state index in [9.17, 15) is 15.3 Å². The van der Waals surface area contributed by atoms with Crippen LogP contribution in [0.3, 0.4) is 0 Å². The normalized spacial score (nSPS) is 27.1. The Balaban J connectivity index is 1.82. The van der Waals surface area contributed by atoms with Crippen LogP contribution in [0.25, 0.3) is 10.9 Å². The lowest BCUT2D eigenvalue weighted by Gasteiger charge is -2.36. The zero-order chi connectivity index (χ0) is 18.0. The van der Waals surface area contributed by atoms with Crippen molar-refractivity contribution in [1.29, 1.82) is 0 Å². The van der Waals surface area contributed by atoms with Crippen molar-refractivity contribution in [3.05, 3.63) is 30.0 Å². The third-order valence-electron chi connectivity index (χ3n) is 4.55. The number of H-pyrrole nitrogens is 1. The van der Waals surface area contributed by atoms with E-state index in [0.29, 0.717) is 5.75 Å². The molecule has 0 radical (unpaired) electrons. The molecule has 0 spiro atoms. The van der Waals surface area contributed by atoms with Gasteiger partial charge in [0.15, 0.2) is 0 Å². The summed E-state index contributed by atoms with van der Waals surface area (Å²) in [6.45, 7) is 0.541. The lowest BCUT2D eigenvalue weighted by Crippen LogP contribution is -2.51. The maximum Gasteiger partial charge on any atom is 0.202 e. The minimum atomic E-state index is -1.11. The summed E-state index contributed by atoms with van der Waals surface area (Å²) in [5, 5.41) is 30.1. The maximum absolute atomic E-state index is 9.97. The molecule has 0 saturated carbocycles. The molecule has 0 amide bonds. The van der Waals surface area contributed by atoms with Gasteiger partial charge in [0.05, 0.1) is 12.7 Å². The van der Waals surface area contributed by atoms with Crippen LogP contribution in [0.4, 0.5) is 0 Å². The van der Waals surface area contributed by atoms with Crippen LogP contribution in [0.5, 0.6) is 5.75 Å². The number of rotatable bonds is 6. The van der Waals surface area contributed by atoms with Gasteiger partial charge >= 0.3 is 0 Å². The van der Waals surface area contributed by atoms with Gasteiger partial charge in [-0.05, 0) is 38.2 Å². The van der Waals surface area contributed by atoms with Gasteiger partial charge in [0.1, 0.15) is 18.0 Å². The summed E-state index contributed by atoms with van der Waals surface area (Å²) >= 11 is 0. The van der Waals surface area contributed by atoms with Gasteiger partial charge in [-0.1, -0.05) is 6.07 Å². The molecule has 1 aromatic heterocycles. The molecule has 4 N–H and O–H groups in total. The fourth-order valence-corrected chi connectivity index (χ4v) is 3.14. The summed E-state index contributed by atoms with van der Waals surface area (Å²) < 4.78 is 11.6. The summed E-state index contributed by atoms with van der Waals surface area (Å²) in [5.74, 6) is 0.665. The van der Waals surface area contributed by atoms with Gasteiger partial charge in [0.25, 0.3) is 0 Å². The standard InChI is InChI=1S/C18H26N2O5/c1-20(2)7-6-11-9-19-12-4-3-5-14(17(11)12)24-16-8-13(22)18(23)15(10-21)25-16/h3-5,9,13,15-16,18-19,21-23H,6-8,10H2,1-2H3/t13?,15?,16-,18-/m0/s1. The van der Waals surface area contributed by atoms with Gasteiger partial charge in [-0.3, -0.25) is 0 Å². The average Bonchev–Trinajstić information content (AvgIpc) is 3.00. The zero-order valence-corrected chi connectivity index (χ0v) is 14.6. The fraction of sp³-hybridized carbons (Fsp3) is 0.556. The summed E-state index contributed by atoms with van der Waals surface area (Å²) in [6.07, 6.45) is -0.675. The van der Waals surface area contributed by atoms with E-state index in [-0.39, 0.29) is 13.0 Å². The molecule has 4 atom stereocenters. The van der Waals surface area contributed by atoms with Crippen molar-refractivity contribution >= 4 is 10.9 Å². The van der Waals surface area contributed by atoms with Gasteiger partial charge in [-0.25, -0.2) is 0 Å². The predicted molar refractivity (Wildman–Crippen MR) is 93.6 cm³/mol. The van der Waals surface area contributed by atoms with Gasteiger partial charge < -0.3 is 34.7 Å². The fourth-order valence-electron chi connectivity index (χ4n) is 3.14. The number of ether oxygens (including phenoxy) is 2. The Morgan fingerprint density at radius 2 is 2.12 bits per heavy atom. The number of fused-ring (bicyclic) bond motifs is 1. The van der Waals surface area contributed by atoms with Crippen molar-refractivity contribution in [1.82, 2.24) is 9.88 Å². The number of nitrogens with zero attached hydrogens (tertiary/aromatic N) is 1. The molecule has 3 rings (SSSR count). The molecule has 0 aliphatic carbocycles. The Morgan fingerprint density at radius 1 is 1.32 bits per heavy atom. The second-order valence-corrected chi connectivity index (χ2v) is 6.74. The van der Waals surface area contributed by atoms with Gasteiger partial charge in [-0.2, -0.15) is 0 Å². The number of aliphatic hydroxyl groups excluding tert-OH is 3. The van der Waals surface area contributed by atoms with E-state index < -0.39 is 24.6 Å². The highest BCUT2D eigenvalue weighted by molar-refractivity contribution is 5.89. The number of benzene rings is 1. The minimum absolute atomic E-state index is 0.144. The first-order valence-electron chi connectivity index (χ1n) is 8.52. The van der Waals surface area contributed by atoms with Crippen LogP contribution in [0.1, 0.15) is 12.0 Å². The number of hydrogen-bond donors (Lipinski definition) is 4. The number of nitrogens with one attached hydrogen (secondary N) is 1. The van der Waals surface area contributed by atoms with E-state index in [2.05, 4.69) is 9.88 Å². The summed E-state index contributed by atoms with van der Waals surface area (Å²) in [7, 11) is 4.06. The van der Waals surface area contributed by atoms with Crippen LogP contribution in [-0.4, -0.2) is 77.1 Å². The molecule has 2 unspecified atom stereocenters. The highest BCUT2D eigenvalue weighted by Gasteiger charge is 2.37. The van der Waals surface area contributed by atoms with E-state index in [1.807, 2.05) is 38.5 Å². The van der Waals surface area contributed by atoms with Gasteiger partial charge in [0.2, 0.25) is 6.29 Å². The van der Waals surface area contributed by atoms with Crippen molar-refractivity contribution in [3.63, 3.8) is 0 Å². The third-order valence-corrected chi connectivity index (χ3v) is 4.55. The Morgan fingerprint density at radius 3 is 2.84 bits per heavy atom. The SMILES string of the molecule is CN(C)CCc1c[nH]c2cccc(O[C@@H]3CC(O)[C@H](O)C(CO)O3)c12. The maximum atomic E-state index is 9.97. The Hall–Kier alpha value is -1.64. The van der Waals surface area contributed by atoms with Crippen molar-refractivity contribution in [2.45, 2.75) is 37.4 Å². The van der Waals surface area contributed by atoms with Crippen LogP contribution in [0, 0.1) is 0 Å². The number of hydrogen-bond acceptors (Lipinski definition) is 6. The minimum Gasteiger partial charge on any atom is -0.464 e. The van der Waals surface area contributed by atoms with Crippen molar-refractivity contribution < 1.29 is 24.8 Å². The molecule has 1 saturated heterocycles. The first-order valence-corrected chi connectivity index (χ1v) is 8.52. The van der Waals surface area contributed by atoms with Crippen molar-refractivity contribution in [2.75, 3.05) is 27.2 Å². The highest BCUT2D eigenvalue weighted by Crippen LogP contribution is 2.32. The van der Waals surface area contributed by atoms with E-state index in [4.69, 9.17) is 9.47 Å². The molecule has 1 aliphatic rings. The lowest BCUT2D eigenvalue weighted by molar-refractivity contribution is -0.229. The number of aromatic nitrogens is 1. The van der Waals surface area contributed by atoms with Crippen LogP contribution >= 0.6 is 0 Å². The van der Waals surface area contributed by atoms with E-state index >= 15 is 0 Å². The largest absolute Gasteiger partial charge is 0.464 e. The Labute approximate surface area is 146 Å². The molecule has 1 aliphatic heterocycles. The molecule has 0 bridgehead atoms. The van der Waals surface area contributed by atoms with Gasteiger partial charge in [0, 0.05) is 30.1 Å². The smallest absolute Gasteiger partial charge is 0.202 e. The monoisotopic (exact) mass is 350 g/mol. The van der Waals surface area contributed by atoms with E-state index in [1.54, 1.807) is 0 Å². The molecule has 1 aromatic carbocycles. The number of aromatic amines is 1. The third kappa shape index (κ3) is 3.96. The van der Waals surface area contributed by atoms with Crippen molar-refractivity contribution in [3.8, 4) is 5.75 Å². The van der Waals surface area contributed by atoms with Crippen LogP contribution in [0.15, 0.2) is 24.4 Å². The highest BCUT2D eigenvalue weighted by atomic mass is 16.7. The van der Waals surface area contributed by atoms with E-state index in [1.165, 1.54) is 0 Å². The first-order chi connectivity index (χ1) is 12.0. The second-order valence-electron chi connectivity index (χ2n) is 6.74. The molecule has 7 heteroatoms. The average molecular weight is 350 g/mol. The Bertz CT molecular complexity index is 702. The molecule has 7 nitrogen and oxygen atoms in total.